The van der Waals surface area contributed by atoms with E-state index < -0.39 is 0 Å². The molecule has 152 valence electrons. The minimum atomic E-state index is -0.0657. The second-order valence-electron chi connectivity index (χ2n) is 7.16. The number of aromatic nitrogens is 3. The molecule has 0 unspecified atom stereocenters. The van der Waals surface area contributed by atoms with E-state index >= 15 is 0 Å². The summed E-state index contributed by atoms with van der Waals surface area (Å²) in [6.45, 7) is 0.550. The Labute approximate surface area is 184 Å². The maximum absolute atomic E-state index is 13.6. The van der Waals surface area contributed by atoms with Crippen LogP contribution in [0.25, 0.3) is 15.9 Å². The Balaban J connectivity index is 1.50. The zero-order valence-electron chi connectivity index (χ0n) is 16.8. The Morgan fingerprint density at radius 1 is 0.935 bits per heavy atom. The highest BCUT2D eigenvalue weighted by Gasteiger charge is 2.21. The number of thiazole rings is 1. The van der Waals surface area contributed by atoms with Gasteiger partial charge in [-0.2, -0.15) is 5.10 Å². The smallest absolute Gasteiger partial charge is 0.260 e. The molecule has 1 amide bonds. The molecule has 0 radical (unpaired) electrons. The number of benzene rings is 3. The van der Waals surface area contributed by atoms with Gasteiger partial charge in [0.05, 0.1) is 15.9 Å². The van der Waals surface area contributed by atoms with E-state index in [1.807, 2.05) is 79.0 Å². The van der Waals surface area contributed by atoms with Crippen LogP contribution in [0.15, 0.2) is 97.3 Å². The summed E-state index contributed by atoms with van der Waals surface area (Å²) in [5, 5.41) is 4.99. The highest BCUT2D eigenvalue weighted by atomic mass is 32.1. The van der Waals surface area contributed by atoms with Gasteiger partial charge in [0, 0.05) is 24.5 Å². The van der Waals surface area contributed by atoms with Crippen LogP contribution in [-0.4, -0.2) is 27.2 Å². The van der Waals surface area contributed by atoms with E-state index in [1.54, 1.807) is 27.1 Å². The predicted octanol–water partition coefficient (Wildman–Crippen LogP) is 5.37. The molecule has 0 N–H and O–H groups in total. The van der Waals surface area contributed by atoms with Gasteiger partial charge in [0.25, 0.3) is 5.91 Å². The number of hydrogen-bond acceptors (Lipinski definition) is 4. The average Bonchev–Trinajstić information content (AvgIpc) is 3.50. The molecule has 2 heterocycles. The molecule has 0 bridgehead atoms. The quantitative estimate of drug-likeness (QED) is 0.368. The van der Waals surface area contributed by atoms with Crippen LogP contribution < -0.4 is 4.90 Å². The normalized spacial score (nSPS) is 11.0. The first-order valence-electron chi connectivity index (χ1n) is 10.1. The summed E-state index contributed by atoms with van der Waals surface area (Å²) in [4.78, 5) is 20.2. The molecule has 5 nitrogen and oxygen atoms in total. The molecule has 0 fully saturated rings. The molecular formula is C25H20N4OS. The number of carbonyl (C=O) groups is 1. The van der Waals surface area contributed by atoms with Crippen molar-refractivity contribution in [1.29, 1.82) is 0 Å². The fourth-order valence-electron chi connectivity index (χ4n) is 3.50. The number of rotatable bonds is 6. The van der Waals surface area contributed by atoms with Gasteiger partial charge in [0.15, 0.2) is 5.13 Å². The fourth-order valence-corrected chi connectivity index (χ4v) is 4.49. The topological polar surface area (TPSA) is 51.0 Å². The van der Waals surface area contributed by atoms with Crippen LogP contribution in [0.3, 0.4) is 0 Å². The molecule has 2 aromatic heterocycles. The number of carbonyl (C=O) groups excluding carboxylic acids is 1. The lowest BCUT2D eigenvalue weighted by Gasteiger charge is -2.20. The van der Waals surface area contributed by atoms with Gasteiger partial charge in [0.1, 0.15) is 0 Å². The van der Waals surface area contributed by atoms with Crippen LogP contribution in [0.5, 0.6) is 0 Å². The molecule has 5 aromatic rings. The van der Waals surface area contributed by atoms with Gasteiger partial charge in [-0.3, -0.25) is 9.69 Å². The Hall–Kier alpha value is -3.77. The number of amides is 1. The predicted molar refractivity (Wildman–Crippen MR) is 125 cm³/mol. The molecule has 0 aliphatic carbocycles. The van der Waals surface area contributed by atoms with Crippen molar-refractivity contribution in [3.8, 4) is 5.69 Å². The molecule has 0 spiro atoms. The molecule has 5 rings (SSSR count). The SMILES string of the molecule is O=C(c1cccc(-n2cccn2)c1)N(CCc1ccccc1)c1nc2ccccc2s1. The summed E-state index contributed by atoms with van der Waals surface area (Å²) in [5.41, 5.74) is 3.56. The van der Waals surface area contributed by atoms with E-state index in [0.717, 1.165) is 22.3 Å². The number of nitrogens with zero attached hydrogens (tertiary/aromatic N) is 4. The van der Waals surface area contributed by atoms with Crippen molar-refractivity contribution in [1.82, 2.24) is 14.8 Å². The molecule has 0 saturated carbocycles. The molecule has 0 aliphatic rings. The first kappa shape index (κ1) is 19.2. The van der Waals surface area contributed by atoms with Crippen molar-refractivity contribution in [2.24, 2.45) is 0 Å². The Morgan fingerprint density at radius 3 is 2.58 bits per heavy atom. The molecule has 0 aliphatic heterocycles. The third-order valence-electron chi connectivity index (χ3n) is 5.09. The first-order valence-corrected chi connectivity index (χ1v) is 10.9. The van der Waals surface area contributed by atoms with Gasteiger partial charge < -0.3 is 0 Å². The molecule has 3 aromatic carbocycles. The number of anilines is 1. The summed E-state index contributed by atoms with van der Waals surface area (Å²) in [6, 6.07) is 27.6. The van der Waals surface area contributed by atoms with E-state index in [0.29, 0.717) is 17.2 Å². The van der Waals surface area contributed by atoms with Crippen molar-refractivity contribution in [2.75, 3.05) is 11.4 Å². The Morgan fingerprint density at radius 2 is 1.77 bits per heavy atom. The van der Waals surface area contributed by atoms with Crippen LogP contribution in [0.2, 0.25) is 0 Å². The second-order valence-corrected chi connectivity index (χ2v) is 8.17. The van der Waals surface area contributed by atoms with E-state index in [-0.39, 0.29) is 5.91 Å². The molecular weight excluding hydrogens is 404 g/mol. The lowest BCUT2D eigenvalue weighted by atomic mass is 10.1. The third-order valence-corrected chi connectivity index (χ3v) is 6.15. The summed E-state index contributed by atoms with van der Waals surface area (Å²) < 4.78 is 2.82. The minimum absolute atomic E-state index is 0.0657. The van der Waals surface area contributed by atoms with E-state index in [4.69, 9.17) is 4.98 Å². The van der Waals surface area contributed by atoms with Crippen LogP contribution in [0.4, 0.5) is 5.13 Å². The van der Waals surface area contributed by atoms with Gasteiger partial charge in [0.2, 0.25) is 0 Å². The van der Waals surface area contributed by atoms with Crippen molar-refractivity contribution < 1.29 is 4.79 Å². The summed E-state index contributed by atoms with van der Waals surface area (Å²) in [5.74, 6) is -0.0657. The second kappa shape index (κ2) is 8.53. The van der Waals surface area contributed by atoms with Crippen LogP contribution in [0.1, 0.15) is 15.9 Å². The largest absolute Gasteiger partial charge is 0.284 e. The fraction of sp³-hybridized carbons (Fsp3) is 0.0800. The summed E-state index contributed by atoms with van der Waals surface area (Å²) >= 11 is 1.54. The van der Waals surface area contributed by atoms with E-state index in [9.17, 15) is 4.79 Å². The minimum Gasteiger partial charge on any atom is -0.284 e. The standard InChI is InChI=1S/C25H20N4OS/c30-24(20-10-6-11-21(18-20)29-16-7-15-26-29)28(17-14-19-8-2-1-3-9-19)25-27-22-12-4-5-13-23(22)31-25/h1-13,15-16,18H,14,17H2. The van der Waals surface area contributed by atoms with E-state index in [2.05, 4.69) is 17.2 Å². The zero-order chi connectivity index (χ0) is 21.0. The molecule has 31 heavy (non-hydrogen) atoms. The average molecular weight is 425 g/mol. The van der Waals surface area contributed by atoms with Crippen LogP contribution >= 0.6 is 11.3 Å². The monoisotopic (exact) mass is 424 g/mol. The van der Waals surface area contributed by atoms with Crippen LogP contribution in [-0.2, 0) is 6.42 Å². The highest BCUT2D eigenvalue weighted by Crippen LogP contribution is 2.30. The Kier molecular flexibility index (Phi) is 5.29. The summed E-state index contributed by atoms with van der Waals surface area (Å²) in [6.07, 6.45) is 4.34. The van der Waals surface area contributed by atoms with Gasteiger partial charge in [-0.25, -0.2) is 9.67 Å². The van der Waals surface area contributed by atoms with Crippen LogP contribution in [0, 0.1) is 0 Å². The Bertz CT molecular complexity index is 1280. The van der Waals surface area contributed by atoms with Gasteiger partial charge >= 0.3 is 0 Å². The van der Waals surface area contributed by atoms with Gasteiger partial charge in [-0.05, 0) is 48.4 Å². The van der Waals surface area contributed by atoms with Crippen molar-refractivity contribution in [3.63, 3.8) is 0 Å². The first-order chi connectivity index (χ1) is 15.3. The lowest BCUT2D eigenvalue weighted by molar-refractivity contribution is 0.0987. The lowest BCUT2D eigenvalue weighted by Crippen LogP contribution is -2.33. The van der Waals surface area contributed by atoms with E-state index in [1.165, 1.54) is 5.56 Å². The summed E-state index contributed by atoms with van der Waals surface area (Å²) in [7, 11) is 0. The highest BCUT2D eigenvalue weighted by molar-refractivity contribution is 7.22. The number of hydrogen-bond donors (Lipinski definition) is 0. The molecule has 0 saturated heterocycles. The molecule has 0 atom stereocenters. The third kappa shape index (κ3) is 4.11. The number of fused-ring (bicyclic) bond motifs is 1. The van der Waals surface area contributed by atoms with Gasteiger partial charge in [-0.15, -0.1) is 0 Å². The van der Waals surface area contributed by atoms with Crippen molar-refractivity contribution in [2.45, 2.75) is 6.42 Å². The molecule has 6 heteroatoms. The van der Waals surface area contributed by atoms with Crippen molar-refractivity contribution in [3.05, 3.63) is 108 Å². The maximum atomic E-state index is 13.6. The zero-order valence-corrected chi connectivity index (χ0v) is 17.6. The van der Waals surface area contributed by atoms with Crippen molar-refractivity contribution >= 4 is 32.6 Å². The number of para-hydroxylation sites is 1. The maximum Gasteiger partial charge on any atom is 0.260 e. The van der Waals surface area contributed by atoms with Gasteiger partial charge in [-0.1, -0.05) is 59.9 Å².